The van der Waals surface area contributed by atoms with Crippen LogP contribution in [0.1, 0.15) is 93.2 Å². The van der Waals surface area contributed by atoms with E-state index >= 15 is 0 Å². The fourth-order valence-corrected chi connectivity index (χ4v) is 2.06. The number of hydrogen-bond donors (Lipinski definition) is 0. The van der Waals surface area contributed by atoms with Crippen molar-refractivity contribution in [2.45, 2.75) is 95.9 Å². The van der Waals surface area contributed by atoms with E-state index in [1.54, 1.807) is 0 Å². The molecule has 0 amide bonds. The van der Waals surface area contributed by atoms with Crippen molar-refractivity contribution >= 4 is 0 Å². The summed E-state index contributed by atoms with van der Waals surface area (Å²) in [5.74, 6) is 2.04. The monoisotopic (exact) mass is 310 g/mol. The van der Waals surface area contributed by atoms with E-state index in [0.29, 0.717) is 0 Å². The summed E-state index contributed by atoms with van der Waals surface area (Å²) in [4.78, 5) is 0. The van der Waals surface area contributed by atoms with Crippen LogP contribution in [0.3, 0.4) is 0 Å². The quantitative estimate of drug-likeness (QED) is 0.451. The van der Waals surface area contributed by atoms with Gasteiger partial charge >= 0.3 is 0 Å². The van der Waals surface area contributed by atoms with Crippen LogP contribution in [-0.2, 0) is 0 Å². The van der Waals surface area contributed by atoms with E-state index in [-0.39, 0.29) is 14.9 Å². The van der Waals surface area contributed by atoms with E-state index in [1.807, 2.05) is 27.7 Å². The highest BCUT2D eigenvalue weighted by Crippen LogP contribution is 2.27. The predicted molar refractivity (Wildman–Crippen MR) is 109 cm³/mol. The van der Waals surface area contributed by atoms with Gasteiger partial charge in [0.25, 0.3) is 0 Å². The molecule has 0 spiro atoms. The normalized spacial score (nSPS) is 18.4. The summed E-state index contributed by atoms with van der Waals surface area (Å²) >= 11 is 0. The molecule has 0 aliphatic heterocycles. The minimum atomic E-state index is 0. The van der Waals surface area contributed by atoms with Crippen LogP contribution in [0.15, 0.2) is 24.3 Å². The Hall–Kier alpha value is -0.780. The molecule has 1 aliphatic rings. The Morgan fingerprint density at radius 3 is 0.955 bits per heavy atom. The van der Waals surface area contributed by atoms with Gasteiger partial charge in [-0.15, -0.1) is 0 Å². The average molecular weight is 311 g/mol. The van der Waals surface area contributed by atoms with Gasteiger partial charge in [0.1, 0.15) is 0 Å². The van der Waals surface area contributed by atoms with E-state index in [1.165, 1.54) is 36.8 Å². The number of rotatable bonds is 0. The van der Waals surface area contributed by atoms with Gasteiger partial charge in [-0.1, -0.05) is 117 Å². The summed E-state index contributed by atoms with van der Waals surface area (Å²) in [6.45, 7) is 16.9. The third kappa shape index (κ3) is 17.3. The zero-order chi connectivity index (χ0) is 16.0. The van der Waals surface area contributed by atoms with Crippen LogP contribution in [-0.4, -0.2) is 0 Å². The third-order valence-electron chi connectivity index (χ3n) is 3.52. The fraction of sp³-hybridized carbons (Fsp3) is 0.727. The van der Waals surface area contributed by atoms with Crippen LogP contribution in [0, 0.1) is 25.7 Å². The Bertz CT molecular complexity index is 244. The zero-order valence-electron chi connectivity index (χ0n) is 15.3. The second-order valence-corrected chi connectivity index (χ2v) is 5.52. The topological polar surface area (TPSA) is 0 Å². The summed E-state index contributed by atoms with van der Waals surface area (Å²) in [6, 6.07) is 8.48. The Balaban J connectivity index is -0.000000112. The van der Waals surface area contributed by atoms with Gasteiger partial charge in [-0.25, -0.2) is 0 Å². The molecule has 0 aromatic heterocycles. The first kappa shape index (κ1) is 29.3. The third-order valence-corrected chi connectivity index (χ3v) is 3.52. The van der Waals surface area contributed by atoms with Crippen molar-refractivity contribution < 1.29 is 0 Å². The van der Waals surface area contributed by atoms with Crippen molar-refractivity contribution in [3.63, 3.8) is 0 Å². The molecular formula is C22H46. The molecule has 0 saturated heterocycles. The van der Waals surface area contributed by atoms with Crippen molar-refractivity contribution in [3.05, 3.63) is 35.4 Å². The maximum Gasteiger partial charge on any atom is -0.0398 e. The van der Waals surface area contributed by atoms with Gasteiger partial charge in [-0.05, 0) is 25.7 Å². The van der Waals surface area contributed by atoms with Gasteiger partial charge < -0.3 is 0 Å². The van der Waals surface area contributed by atoms with E-state index in [0.717, 1.165) is 11.8 Å². The predicted octanol–water partition coefficient (Wildman–Crippen LogP) is 8.46. The molecule has 0 bridgehead atoms. The minimum absolute atomic E-state index is 0. The standard InChI is InChI=1S/C8H16.C8H10.2C2H6.2CH4/c2*1-7-3-5-8(2)6-4-7;2*1-2;;/h7-8H,3-6H2,1-2H3;3-6H,1-2H3;2*1-2H3;2*1H4. The molecule has 1 aromatic carbocycles. The first-order chi connectivity index (χ1) is 9.58. The average Bonchev–Trinajstić information content (AvgIpc) is 2.50. The minimum Gasteiger partial charge on any atom is -0.0776 e. The van der Waals surface area contributed by atoms with E-state index in [9.17, 15) is 0 Å². The van der Waals surface area contributed by atoms with Gasteiger partial charge in [-0.2, -0.15) is 0 Å². The molecule has 0 heteroatoms. The molecule has 0 heterocycles. The first-order valence-corrected chi connectivity index (χ1v) is 8.61. The van der Waals surface area contributed by atoms with Crippen molar-refractivity contribution in [1.82, 2.24) is 0 Å². The highest BCUT2D eigenvalue weighted by atomic mass is 14.2. The molecule has 0 radical (unpaired) electrons. The van der Waals surface area contributed by atoms with Crippen LogP contribution in [0.2, 0.25) is 0 Å². The summed E-state index contributed by atoms with van der Waals surface area (Å²) in [5, 5.41) is 0. The lowest BCUT2D eigenvalue weighted by molar-refractivity contribution is 0.308. The van der Waals surface area contributed by atoms with Crippen LogP contribution >= 0.6 is 0 Å². The Kier molecular flexibility index (Phi) is 26.9. The second kappa shape index (κ2) is 20.2. The van der Waals surface area contributed by atoms with Gasteiger partial charge in [0.2, 0.25) is 0 Å². The maximum atomic E-state index is 2.37. The van der Waals surface area contributed by atoms with Crippen LogP contribution < -0.4 is 0 Å². The van der Waals surface area contributed by atoms with Crippen molar-refractivity contribution in [3.8, 4) is 0 Å². The molecule has 1 aliphatic carbocycles. The van der Waals surface area contributed by atoms with Crippen molar-refractivity contribution in [2.24, 2.45) is 11.8 Å². The molecule has 0 atom stereocenters. The highest BCUT2D eigenvalue weighted by molar-refractivity contribution is 5.19. The molecule has 134 valence electrons. The fourth-order valence-electron chi connectivity index (χ4n) is 2.06. The molecule has 1 fully saturated rings. The van der Waals surface area contributed by atoms with Crippen molar-refractivity contribution in [1.29, 1.82) is 0 Å². The second-order valence-electron chi connectivity index (χ2n) is 5.52. The molecule has 0 nitrogen and oxygen atoms in total. The highest BCUT2D eigenvalue weighted by Gasteiger charge is 2.13. The number of hydrogen-bond acceptors (Lipinski definition) is 0. The summed E-state index contributed by atoms with van der Waals surface area (Å²) in [7, 11) is 0. The molecule has 22 heavy (non-hydrogen) atoms. The van der Waals surface area contributed by atoms with Crippen molar-refractivity contribution in [2.75, 3.05) is 0 Å². The molecule has 0 N–H and O–H groups in total. The molecule has 0 unspecified atom stereocenters. The lowest BCUT2D eigenvalue weighted by Crippen LogP contribution is -2.08. The SMILES string of the molecule is C.C.CC.CC.CC1CCC(C)CC1.Cc1ccc(C)cc1. The van der Waals surface area contributed by atoms with Gasteiger partial charge in [0.05, 0.1) is 0 Å². The van der Waals surface area contributed by atoms with Gasteiger partial charge in [-0.3, -0.25) is 0 Å². The Labute approximate surface area is 143 Å². The Morgan fingerprint density at radius 1 is 0.591 bits per heavy atom. The van der Waals surface area contributed by atoms with Crippen LogP contribution in [0.4, 0.5) is 0 Å². The van der Waals surface area contributed by atoms with Crippen LogP contribution in [0.25, 0.3) is 0 Å². The number of benzene rings is 1. The Morgan fingerprint density at radius 2 is 0.773 bits per heavy atom. The summed E-state index contributed by atoms with van der Waals surface area (Å²) in [5.41, 5.74) is 2.66. The van der Waals surface area contributed by atoms with Gasteiger partial charge in [0.15, 0.2) is 0 Å². The first-order valence-electron chi connectivity index (χ1n) is 8.61. The van der Waals surface area contributed by atoms with E-state index in [2.05, 4.69) is 52.0 Å². The van der Waals surface area contributed by atoms with E-state index in [4.69, 9.17) is 0 Å². The summed E-state index contributed by atoms with van der Waals surface area (Å²) < 4.78 is 0. The molecule has 1 aromatic rings. The summed E-state index contributed by atoms with van der Waals surface area (Å²) in [6.07, 6.45) is 5.89. The molecule has 1 saturated carbocycles. The largest absolute Gasteiger partial charge is 0.0776 e. The van der Waals surface area contributed by atoms with Gasteiger partial charge in [0, 0.05) is 0 Å². The lowest BCUT2D eigenvalue weighted by atomic mass is 9.84. The molecular weight excluding hydrogens is 264 g/mol. The zero-order valence-corrected chi connectivity index (χ0v) is 15.3. The maximum absolute atomic E-state index is 2.37. The molecule has 2 rings (SSSR count). The van der Waals surface area contributed by atoms with E-state index < -0.39 is 0 Å². The lowest BCUT2D eigenvalue weighted by Gasteiger charge is -2.22. The smallest absolute Gasteiger partial charge is 0.0398 e. The van der Waals surface area contributed by atoms with Crippen LogP contribution in [0.5, 0.6) is 0 Å². The number of aryl methyl sites for hydroxylation is 2.